The summed E-state index contributed by atoms with van der Waals surface area (Å²) in [4.78, 5) is 106. The van der Waals surface area contributed by atoms with E-state index in [-0.39, 0.29) is 94.3 Å². The van der Waals surface area contributed by atoms with Crippen molar-refractivity contribution >= 4 is 132 Å². The van der Waals surface area contributed by atoms with Gasteiger partial charge in [-0.05, 0) is 230 Å². The van der Waals surface area contributed by atoms with Crippen molar-refractivity contribution in [3.8, 4) is 6.07 Å². The first-order valence-corrected chi connectivity index (χ1v) is 44.3. The summed E-state index contributed by atoms with van der Waals surface area (Å²) in [7, 11) is 1.39. The number of carbonyl (C=O) groups excluding carboxylic acids is 7. The van der Waals surface area contributed by atoms with Crippen molar-refractivity contribution in [3.63, 3.8) is 0 Å². The number of rotatable bonds is 21. The number of imidazole rings is 5. The molecule has 696 valence electrons. The normalized spacial score (nSPS) is 14.5. The number of fused-ring (bicyclic) bond motifs is 5. The molecule has 19 rings (SSSR count). The molecule has 7 aliphatic carbocycles. The molecule has 0 amide bonds. The average Bonchev–Trinajstić information content (AvgIpc) is 1.66. The van der Waals surface area contributed by atoms with Gasteiger partial charge in [-0.25, -0.2) is 54.1 Å². The first-order chi connectivity index (χ1) is 61.0. The van der Waals surface area contributed by atoms with Crippen LogP contribution >= 0.6 is 43.2 Å². The Balaban J connectivity index is 0.000000260. The summed E-state index contributed by atoms with van der Waals surface area (Å²) in [5.74, 6) is 1.62. The Morgan fingerprint density at radius 2 is 0.908 bits per heavy atom. The molecule has 0 bridgehead atoms. The number of nitrogens with zero attached hydrogens (tertiary/aromatic N) is 15. The summed E-state index contributed by atoms with van der Waals surface area (Å²) >= 11 is 1.13. The topological polar surface area (TPSA) is 452 Å². The number of hydrogen-bond acceptors (Lipinski definition) is 27. The minimum absolute atomic E-state index is 0. The molecule has 8 N–H and O–H groups in total. The maximum absolute atomic E-state index is 11.7. The molecule has 12 aromatic rings. The fraction of sp³-hybridized carbons (Fsp3) is 0.407. The van der Waals surface area contributed by atoms with E-state index in [1.807, 2.05) is 97.0 Å². The molecule has 131 heavy (non-hydrogen) atoms. The molecule has 0 saturated heterocycles. The number of aliphatic hydroxyl groups is 2. The zero-order valence-corrected chi connectivity index (χ0v) is 77.7. The van der Waals surface area contributed by atoms with E-state index in [1.54, 1.807) is 67.6 Å². The van der Waals surface area contributed by atoms with Crippen LogP contribution in [0.25, 0.3) is 28.2 Å². The average molecular weight is 1970 g/mol. The first-order valence-electron chi connectivity index (χ1n) is 41.1. The van der Waals surface area contributed by atoms with Crippen LogP contribution in [0.2, 0.25) is 5.82 Å². The van der Waals surface area contributed by atoms with Gasteiger partial charge in [0.25, 0.3) is 17.2 Å². The molecule has 2 unspecified atom stereocenters. The van der Waals surface area contributed by atoms with Gasteiger partial charge in [0.15, 0.2) is 24.2 Å². The zero-order valence-electron chi connectivity index (χ0n) is 71.7. The van der Waals surface area contributed by atoms with Crippen molar-refractivity contribution in [2.24, 2.45) is 0 Å². The van der Waals surface area contributed by atoms with Crippen LogP contribution in [0.3, 0.4) is 0 Å². The van der Waals surface area contributed by atoms with E-state index in [0.717, 1.165) is 58.0 Å². The number of aldehydes is 1. The molecule has 7 aliphatic rings. The van der Waals surface area contributed by atoms with Crippen molar-refractivity contribution in [2.45, 2.75) is 193 Å². The molecule has 0 aromatic carbocycles. The number of carbonyl (C=O) groups is 7. The predicted octanol–water partition coefficient (Wildman–Crippen LogP) is 14.0. The molecular formula is C91H112BBr2F3N17NaO15S. The van der Waals surface area contributed by atoms with Crippen molar-refractivity contribution in [1.29, 1.82) is 10.5 Å². The van der Waals surface area contributed by atoms with Gasteiger partial charge in [0.1, 0.15) is 63.0 Å². The standard InChI is InChI=1S/C13H14N2O3.C13H12N2O3.C13H14N2O2.C12H11N3O.C11H10N2O.C8H10N2.C5H5BrN2.C5H7BrO3.C4H10F3NS.C3H7BO2.CN.3CH4.Na/c2*1-18-13(17)12(16)10-7-15-6-9(8-2-3-8)4-5-11(15)14-10;1-2-17-13(16)11-8-15-7-10(9-3-4-9)5-6-12(15)14-11;13-5-11(16)10-7-15-6-9(8-1-2-8)3-4-12(15)14-10;14-7-10-6-13-5-9(8-1-2-8)3-4-11(13)12-10;9-8-4-3-7(5-10-8)6-1-2-6;6-4-1-2-5(7)8-3-4;1-2-9-5(8)4(7)3-6;1-3-8(4-2)9(5,6)7;5-4(6)3-1-2-3;1-2;;;;/h4-8,12,16H,2-3H2,1H3;4-8H,2-3H2,1H3;5-9H,2-4H2,1H3;3-4,6-8,11,16H,1-2H2;3-8H,1-2H2;3-6H,1-2H2,(H2,9,10);1-3H,(H2,7,8);2-3H2,1H3;3-4H2,1-2H3;3,5-6H,1-2H2;;3*1H4;/q;;;;;;;;;;-1;;;;+1. The number of ether oxygens (including phenoxy) is 4. The number of pyridine rings is 7. The number of esters is 4. The van der Waals surface area contributed by atoms with E-state index in [2.05, 4.69) is 118 Å². The number of aliphatic hydroxyl groups excluding tert-OH is 2. The van der Waals surface area contributed by atoms with Crippen molar-refractivity contribution in [2.75, 3.05) is 57.3 Å². The fourth-order valence-electron chi connectivity index (χ4n) is 12.3. The Labute approximate surface area is 800 Å². The minimum atomic E-state index is -4.93. The van der Waals surface area contributed by atoms with Crippen LogP contribution in [0.5, 0.6) is 0 Å². The number of halogens is 5. The Morgan fingerprint density at radius 3 is 1.24 bits per heavy atom. The third-order valence-electron chi connectivity index (χ3n) is 20.3. The summed E-state index contributed by atoms with van der Waals surface area (Å²) in [5, 5.41) is 50.5. The summed E-state index contributed by atoms with van der Waals surface area (Å²) in [5.41, 5.74) is 24.1. The first kappa shape index (κ1) is 111. The Hall–Kier alpha value is -10.8. The zero-order chi connectivity index (χ0) is 92.2. The Morgan fingerprint density at radius 1 is 0.534 bits per heavy atom. The fourth-order valence-corrected chi connectivity index (χ4v) is 13.3. The van der Waals surface area contributed by atoms with Gasteiger partial charge in [-0.2, -0.15) is 9.57 Å². The smallest absolute Gasteiger partial charge is 0.512 e. The second-order valence-corrected chi connectivity index (χ2v) is 32.9. The van der Waals surface area contributed by atoms with Gasteiger partial charge in [0.2, 0.25) is 5.78 Å². The Kier molecular flexibility index (Phi) is 45.3. The quantitative estimate of drug-likeness (QED) is 0.00448. The van der Waals surface area contributed by atoms with Gasteiger partial charge in [-0.15, -0.1) is 11.7 Å². The Bertz CT molecular complexity index is 5750. The van der Waals surface area contributed by atoms with E-state index in [9.17, 15) is 55.4 Å². The number of Topliss-reactive ketones (excluding diaryl/α,β-unsaturated/α-hetero) is 2. The number of methoxy groups -OCH3 is 2. The molecule has 7 saturated carbocycles. The van der Waals surface area contributed by atoms with Crippen molar-refractivity contribution in [3.05, 3.63) is 232 Å². The van der Waals surface area contributed by atoms with Gasteiger partial charge < -0.3 is 84.5 Å². The number of ketones is 2. The van der Waals surface area contributed by atoms with Crippen LogP contribution in [0.1, 0.15) is 264 Å². The molecule has 40 heteroatoms. The molecule has 12 heterocycles. The van der Waals surface area contributed by atoms with Gasteiger partial charge in [-0.1, -0.05) is 101 Å². The van der Waals surface area contributed by atoms with Crippen LogP contribution in [-0.4, -0.2) is 176 Å². The molecule has 7 fully saturated rings. The number of anilines is 2. The van der Waals surface area contributed by atoms with Gasteiger partial charge in [0.05, 0.1) is 38.5 Å². The SMILES string of the molecule is C.C.C.CCN(CC)S(F)(F)F.CCOC(=O)C(=O)CBr.CCOC(=O)c1cn2cc(C3CC3)ccc2n1.COC(=O)C(=O)c1cn2cc(C3CC3)ccc2n1.COC(=O)C(O)c1cn2cc(C3CC3)ccc2n1.N#CC(O)c1cn2cc(C3CC3)ccc2n1.Nc1ccc(Br)cn1.Nc1ccc(C2CC2)cn1.O=Cc1cn2cc(C3CC3)ccc2n1.OB(O)C1CC1.[C-]#N.[Na+]. The largest absolute Gasteiger partial charge is 1.00 e. The van der Waals surface area contributed by atoms with Crippen LogP contribution in [0, 0.1) is 23.2 Å². The summed E-state index contributed by atoms with van der Waals surface area (Å²) in [6, 6.07) is 29.3. The maximum Gasteiger partial charge on any atom is 1.00 e. The second-order valence-electron chi connectivity index (χ2n) is 30.1. The molecular weight excluding hydrogens is 1850 g/mol. The van der Waals surface area contributed by atoms with E-state index >= 15 is 0 Å². The van der Waals surface area contributed by atoms with Gasteiger partial charge in [0, 0.05) is 91.9 Å². The number of nitriles is 1. The van der Waals surface area contributed by atoms with Gasteiger partial charge >= 0.3 is 60.6 Å². The summed E-state index contributed by atoms with van der Waals surface area (Å²) in [6.07, 6.45) is 37.7. The van der Waals surface area contributed by atoms with E-state index < -0.39 is 60.2 Å². The molecule has 0 spiro atoms. The van der Waals surface area contributed by atoms with Crippen molar-refractivity contribution in [1.82, 2.24) is 61.2 Å². The van der Waals surface area contributed by atoms with Crippen LogP contribution in [0.4, 0.5) is 23.3 Å². The minimum Gasteiger partial charge on any atom is -0.512 e. The monoisotopic (exact) mass is 1960 g/mol. The molecule has 0 radical (unpaired) electrons. The van der Waals surface area contributed by atoms with Crippen molar-refractivity contribution < 1.29 is 114 Å². The molecule has 32 nitrogen and oxygen atoms in total. The molecule has 2 atom stereocenters. The number of nitrogen functional groups attached to an aromatic ring is 2. The number of hydrogen-bond donors (Lipinski definition) is 6. The van der Waals surface area contributed by atoms with E-state index in [4.69, 9.17) is 43.3 Å². The number of aromatic nitrogens is 12. The third kappa shape index (κ3) is 34.7. The molecule has 12 aromatic heterocycles. The number of alkyl halides is 1. The van der Waals surface area contributed by atoms with Crippen LogP contribution in [0.15, 0.2) is 164 Å². The van der Waals surface area contributed by atoms with Crippen LogP contribution < -0.4 is 41.0 Å². The van der Waals surface area contributed by atoms with E-state index in [0.29, 0.717) is 74.6 Å². The van der Waals surface area contributed by atoms with Crippen LogP contribution in [-0.2, 0) is 38.1 Å². The van der Waals surface area contributed by atoms with Gasteiger partial charge in [-0.3, -0.25) is 14.4 Å². The maximum atomic E-state index is 11.7. The number of nitrogens with two attached hydrogens (primary N) is 2. The summed E-state index contributed by atoms with van der Waals surface area (Å²) < 4.78 is 64.2. The summed E-state index contributed by atoms with van der Waals surface area (Å²) in [6.45, 7) is 12.0. The third-order valence-corrected chi connectivity index (χ3v) is 22.3. The predicted molar refractivity (Wildman–Crippen MR) is 496 cm³/mol. The van der Waals surface area contributed by atoms with E-state index in [1.165, 1.54) is 138 Å². The second kappa shape index (κ2) is 53.6. The molecule has 0 aliphatic heterocycles.